The smallest absolute Gasteiger partial charge is 0.259 e. The minimum Gasteiger partial charge on any atom is -0.508 e. The molecule has 0 saturated carbocycles. The second-order valence-corrected chi connectivity index (χ2v) is 6.74. The molecule has 150 valence electrons. The van der Waals surface area contributed by atoms with Gasteiger partial charge in [0.05, 0.1) is 12.8 Å². The van der Waals surface area contributed by atoms with Crippen molar-refractivity contribution in [3.05, 3.63) is 29.8 Å². The van der Waals surface area contributed by atoms with Gasteiger partial charge in [0.2, 0.25) is 5.91 Å². The van der Waals surface area contributed by atoms with Crippen molar-refractivity contribution in [2.45, 2.75) is 71.1 Å². The molecule has 2 amide bonds. The lowest BCUT2D eigenvalue weighted by molar-refractivity contribution is -0.126. The summed E-state index contributed by atoms with van der Waals surface area (Å²) in [5.74, 6) is -0.356. The Hall–Kier alpha value is -2.37. The number of aromatic hydroxyl groups is 1. The van der Waals surface area contributed by atoms with Crippen LogP contribution in [0.4, 0.5) is 0 Å². The third kappa shape index (κ3) is 12.6. The summed E-state index contributed by atoms with van der Waals surface area (Å²) in [5.41, 5.74) is 3.02. The topological polar surface area (TPSA) is 90.8 Å². The number of phenolic OH excluding ortho intramolecular Hbond substituents is 1. The van der Waals surface area contributed by atoms with Crippen LogP contribution in [0.1, 0.15) is 76.7 Å². The molecule has 0 aromatic heterocycles. The second-order valence-electron chi connectivity index (χ2n) is 6.74. The van der Waals surface area contributed by atoms with Gasteiger partial charge in [0, 0.05) is 6.42 Å². The Morgan fingerprint density at radius 3 is 2.33 bits per heavy atom. The average molecular weight is 376 g/mol. The molecule has 0 heterocycles. The average Bonchev–Trinajstić information content (AvgIpc) is 2.65. The fraction of sp³-hybridized carbons (Fsp3) is 0.571. The number of nitrogens with one attached hydrogen (secondary N) is 2. The highest BCUT2D eigenvalue weighted by Crippen LogP contribution is 2.10. The van der Waals surface area contributed by atoms with E-state index >= 15 is 0 Å². The Morgan fingerprint density at radius 2 is 1.67 bits per heavy atom. The van der Waals surface area contributed by atoms with E-state index in [1.54, 1.807) is 18.2 Å². The lowest BCUT2D eigenvalue weighted by Gasteiger charge is -2.05. The zero-order valence-electron chi connectivity index (χ0n) is 16.4. The summed E-state index contributed by atoms with van der Waals surface area (Å²) in [6.07, 6.45) is 12.8. The van der Waals surface area contributed by atoms with E-state index < -0.39 is 0 Å². The third-order valence-electron chi connectivity index (χ3n) is 4.23. The summed E-state index contributed by atoms with van der Waals surface area (Å²) >= 11 is 0. The van der Waals surface area contributed by atoms with Crippen LogP contribution in [0.5, 0.6) is 5.75 Å². The van der Waals surface area contributed by atoms with Crippen LogP contribution in [0.3, 0.4) is 0 Å². The van der Waals surface area contributed by atoms with Gasteiger partial charge in [0.15, 0.2) is 0 Å². The number of phenols is 1. The largest absolute Gasteiger partial charge is 0.508 e. The van der Waals surface area contributed by atoms with Gasteiger partial charge >= 0.3 is 0 Å². The molecule has 6 nitrogen and oxygen atoms in total. The van der Waals surface area contributed by atoms with Gasteiger partial charge in [0.25, 0.3) is 5.91 Å². The monoisotopic (exact) mass is 375 g/mol. The highest BCUT2D eigenvalue weighted by atomic mass is 16.3. The van der Waals surface area contributed by atoms with Crippen LogP contribution < -0.4 is 10.7 Å². The summed E-state index contributed by atoms with van der Waals surface area (Å²) in [7, 11) is 0. The summed E-state index contributed by atoms with van der Waals surface area (Å²) in [6.45, 7) is 2.13. The van der Waals surface area contributed by atoms with E-state index in [4.69, 9.17) is 0 Å². The molecule has 0 aliphatic rings. The molecule has 0 aliphatic heterocycles. The second kappa shape index (κ2) is 14.8. The van der Waals surface area contributed by atoms with Crippen molar-refractivity contribution in [2.75, 3.05) is 6.54 Å². The first-order valence-electron chi connectivity index (χ1n) is 9.99. The number of benzene rings is 1. The first-order chi connectivity index (χ1) is 13.1. The molecule has 1 aromatic carbocycles. The van der Waals surface area contributed by atoms with Gasteiger partial charge in [0.1, 0.15) is 5.75 Å². The summed E-state index contributed by atoms with van der Waals surface area (Å²) in [6, 6.07) is 6.52. The number of amides is 2. The predicted molar refractivity (Wildman–Crippen MR) is 109 cm³/mol. The van der Waals surface area contributed by atoms with E-state index in [-0.39, 0.29) is 24.1 Å². The van der Waals surface area contributed by atoms with Crippen LogP contribution in [-0.4, -0.2) is 29.7 Å². The maximum Gasteiger partial charge on any atom is 0.259 e. The van der Waals surface area contributed by atoms with E-state index in [0.717, 1.165) is 12.8 Å². The molecule has 1 aromatic rings. The quantitative estimate of drug-likeness (QED) is 0.262. The minimum absolute atomic E-state index is 0.0896. The number of carbonyl (C=O) groups excluding carboxylic acids is 2. The maximum atomic E-state index is 11.7. The van der Waals surface area contributed by atoms with Crippen molar-refractivity contribution in [3.63, 3.8) is 0 Å². The summed E-state index contributed by atoms with van der Waals surface area (Å²) in [4.78, 5) is 23.4. The van der Waals surface area contributed by atoms with Crippen molar-refractivity contribution in [2.24, 2.45) is 5.10 Å². The fourth-order valence-electron chi connectivity index (χ4n) is 2.69. The van der Waals surface area contributed by atoms with Crippen molar-refractivity contribution < 1.29 is 14.7 Å². The molecular formula is C21H33N3O3. The molecule has 0 spiro atoms. The zero-order chi connectivity index (χ0) is 19.7. The highest BCUT2D eigenvalue weighted by Gasteiger charge is 2.04. The molecule has 0 radical (unpaired) electrons. The third-order valence-corrected chi connectivity index (χ3v) is 4.23. The van der Waals surface area contributed by atoms with Gasteiger partial charge in [-0.15, -0.1) is 0 Å². The Labute approximate surface area is 162 Å². The Kier molecular flexibility index (Phi) is 12.4. The molecule has 27 heavy (non-hydrogen) atoms. The first kappa shape index (κ1) is 22.7. The molecule has 1 rings (SSSR count). The number of hydrogen-bond acceptors (Lipinski definition) is 4. The van der Waals surface area contributed by atoms with E-state index in [1.165, 1.54) is 57.2 Å². The lowest BCUT2D eigenvalue weighted by atomic mass is 10.1. The highest BCUT2D eigenvalue weighted by molar-refractivity contribution is 5.86. The standard InChI is InChI=1S/C21H33N3O3/c1-2-3-4-5-6-7-8-9-10-14-20(26)22-17-21(27)24-23-16-18-12-11-13-19(25)15-18/h11-13,15-16,25H,2-10,14,17H2,1H3,(H,22,26)(H,24,27)/b23-16-. The number of hydrazone groups is 1. The number of rotatable bonds is 14. The van der Waals surface area contributed by atoms with Crippen LogP contribution >= 0.6 is 0 Å². The van der Waals surface area contributed by atoms with Crippen molar-refractivity contribution >= 4 is 18.0 Å². The van der Waals surface area contributed by atoms with Crippen molar-refractivity contribution in [1.29, 1.82) is 0 Å². The van der Waals surface area contributed by atoms with Crippen LogP contribution in [0.15, 0.2) is 29.4 Å². The number of hydrogen-bond donors (Lipinski definition) is 3. The normalized spacial score (nSPS) is 10.9. The summed E-state index contributed by atoms with van der Waals surface area (Å²) < 4.78 is 0. The molecule has 6 heteroatoms. The molecule has 0 fully saturated rings. The van der Waals surface area contributed by atoms with E-state index in [0.29, 0.717) is 12.0 Å². The molecule has 0 bridgehead atoms. The fourth-order valence-corrected chi connectivity index (χ4v) is 2.69. The molecule has 0 unspecified atom stereocenters. The molecular weight excluding hydrogens is 342 g/mol. The van der Waals surface area contributed by atoms with Crippen LogP contribution in [0.2, 0.25) is 0 Å². The minimum atomic E-state index is -0.383. The molecule has 3 N–H and O–H groups in total. The molecule has 0 atom stereocenters. The molecule has 0 aliphatic carbocycles. The van der Waals surface area contributed by atoms with Gasteiger partial charge in [-0.05, 0) is 24.1 Å². The van der Waals surface area contributed by atoms with E-state index in [2.05, 4.69) is 22.8 Å². The summed E-state index contributed by atoms with van der Waals surface area (Å²) in [5, 5.41) is 15.7. The maximum absolute atomic E-state index is 11.7. The van der Waals surface area contributed by atoms with Crippen LogP contribution in [0.25, 0.3) is 0 Å². The number of carbonyl (C=O) groups is 2. The Bertz CT molecular complexity index is 588. The van der Waals surface area contributed by atoms with Crippen LogP contribution in [-0.2, 0) is 9.59 Å². The van der Waals surface area contributed by atoms with Gasteiger partial charge in [-0.1, -0.05) is 70.4 Å². The zero-order valence-corrected chi connectivity index (χ0v) is 16.4. The predicted octanol–water partition coefficient (Wildman–Crippen LogP) is 3.88. The molecule has 0 saturated heterocycles. The van der Waals surface area contributed by atoms with Gasteiger partial charge in [-0.3, -0.25) is 9.59 Å². The lowest BCUT2D eigenvalue weighted by Crippen LogP contribution is -2.34. The van der Waals surface area contributed by atoms with Crippen molar-refractivity contribution in [1.82, 2.24) is 10.7 Å². The first-order valence-corrected chi connectivity index (χ1v) is 9.99. The number of nitrogens with zero attached hydrogens (tertiary/aromatic N) is 1. The Balaban J connectivity index is 2.01. The SMILES string of the molecule is CCCCCCCCCCCC(=O)NCC(=O)N/N=C\c1cccc(O)c1. The number of unbranched alkanes of at least 4 members (excludes halogenated alkanes) is 8. The van der Waals surface area contributed by atoms with Gasteiger partial charge < -0.3 is 10.4 Å². The van der Waals surface area contributed by atoms with E-state index in [1.807, 2.05) is 0 Å². The van der Waals surface area contributed by atoms with Gasteiger partial charge in [-0.25, -0.2) is 5.43 Å². The Morgan fingerprint density at radius 1 is 1.00 bits per heavy atom. The van der Waals surface area contributed by atoms with Gasteiger partial charge in [-0.2, -0.15) is 5.10 Å². The van der Waals surface area contributed by atoms with Crippen LogP contribution in [0, 0.1) is 0 Å². The van der Waals surface area contributed by atoms with E-state index in [9.17, 15) is 14.7 Å². The van der Waals surface area contributed by atoms with Crippen molar-refractivity contribution in [3.8, 4) is 5.75 Å².